The summed E-state index contributed by atoms with van der Waals surface area (Å²) >= 11 is 6.83. The van der Waals surface area contributed by atoms with Gasteiger partial charge in [0.1, 0.15) is 9.71 Å². The summed E-state index contributed by atoms with van der Waals surface area (Å²) in [4.78, 5) is 36.4. The van der Waals surface area contributed by atoms with E-state index >= 15 is 0 Å². The highest BCUT2D eigenvalue weighted by atomic mass is 35.5. The third-order valence-corrected chi connectivity index (χ3v) is 4.87. The van der Waals surface area contributed by atoms with Gasteiger partial charge in [-0.1, -0.05) is 23.7 Å². The van der Waals surface area contributed by atoms with E-state index < -0.39 is 17.2 Å². The minimum atomic E-state index is -1.13. The molecule has 23 heavy (non-hydrogen) atoms. The van der Waals surface area contributed by atoms with Crippen molar-refractivity contribution in [3.05, 3.63) is 72.3 Å². The summed E-state index contributed by atoms with van der Waals surface area (Å²) in [5, 5.41) is 9.58. The van der Waals surface area contributed by atoms with Gasteiger partial charge < -0.3 is 5.11 Å². The number of aromatic nitrogens is 2. The zero-order chi connectivity index (χ0) is 16.7. The molecule has 1 aromatic carbocycles. The van der Waals surface area contributed by atoms with E-state index in [0.717, 1.165) is 15.9 Å². The molecule has 0 saturated heterocycles. The molecule has 1 N–H and O–H groups in total. The molecule has 0 atom stereocenters. The third kappa shape index (κ3) is 2.69. The van der Waals surface area contributed by atoms with Crippen LogP contribution >= 0.6 is 22.9 Å². The van der Waals surface area contributed by atoms with Crippen molar-refractivity contribution in [2.75, 3.05) is 0 Å². The Labute approximate surface area is 138 Å². The van der Waals surface area contributed by atoms with E-state index in [1.807, 2.05) is 0 Å². The summed E-state index contributed by atoms with van der Waals surface area (Å²) in [5.74, 6) is -1.13. The molecule has 0 aliphatic heterocycles. The van der Waals surface area contributed by atoms with Gasteiger partial charge in [0.15, 0.2) is 0 Å². The smallest absolute Gasteiger partial charge is 0.347 e. The highest BCUT2D eigenvalue weighted by Gasteiger charge is 2.17. The van der Waals surface area contributed by atoms with Crippen molar-refractivity contribution >= 4 is 33.7 Å². The fourth-order valence-electron chi connectivity index (χ4n) is 2.32. The van der Waals surface area contributed by atoms with E-state index in [1.165, 1.54) is 10.6 Å². The number of aromatic carboxylic acids is 1. The lowest BCUT2D eigenvalue weighted by Gasteiger charge is -2.07. The Bertz CT molecular complexity index is 1050. The second kappa shape index (κ2) is 5.68. The van der Waals surface area contributed by atoms with E-state index in [2.05, 4.69) is 0 Å². The lowest BCUT2D eigenvalue weighted by Crippen LogP contribution is -2.38. The van der Waals surface area contributed by atoms with E-state index in [9.17, 15) is 14.4 Å². The molecule has 8 heteroatoms. The predicted molar refractivity (Wildman–Crippen MR) is 88.1 cm³/mol. The average Bonchev–Trinajstić information content (AvgIpc) is 2.95. The number of rotatable bonds is 3. The van der Waals surface area contributed by atoms with Gasteiger partial charge >= 0.3 is 11.7 Å². The van der Waals surface area contributed by atoms with Crippen molar-refractivity contribution in [3.63, 3.8) is 0 Å². The SMILES string of the molecule is Cc1c(=O)n(Cc2cccc(Cl)c2)c(=O)n2cc(C(=O)O)sc12. The molecule has 3 aromatic rings. The third-order valence-electron chi connectivity index (χ3n) is 3.44. The highest BCUT2D eigenvalue weighted by Crippen LogP contribution is 2.18. The molecule has 2 heterocycles. The highest BCUT2D eigenvalue weighted by molar-refractivity contribution is 7.19. The van der Waals surface area contributed by atoms with Crippen LogP contribution in [0.15, 0.2) is 40.1 Å². The van der Waals surface area contributed by atoms with Crippen LogP contribution < -0.4 is 11.2 Å². The van der Waals surface area contributed by atoms with Crippen LogP contribution in [0.5, 0.6) is 0 Å². The molecule has 0 fully saturated rings. The largest absolute Gasteiger partial charge is 0.477 e. The van der Waals surface area contributed by atoms with Gasteiger partial charge in [0, 0.05) is 16.8 Å². The van der Waals surface area contributed by atoms with E-state index in [4.69, 9.17) is 16.7 Å². The van der Waals surface area contributed by atoms with Crippen molar-refractivity contribution < 1.29 is 9.90 Å². The van der Waals surface area contributed by atoms with Crippen LogP contribution in [0, 0.1) is 6.92 Å². The normalized spacial score (nSPS) is 11.0. The van der Waals surface area contributed by atoms with Gasteiger partial charge in [-0.05, 0) is 24.6 Å². The number of nitrogens with zero attached hydrogens (tertiary/aromatic N) is 2. The monoisotopic (exact) mass is 350 g/mol. The van der Waals surface area contributed by atoms with E-state index in [-0.39, 0.29) is 11.4 Å². The fourth-order valence-corrected chi connectivity index (χ4v) is 3.46. The van der Waals surface area contributed by atoms with Crippen LogP contribution in [0.1, 0.15) is 20.8 Å². The summed E-state index contributed by atoms with van der Waals surface area (Å²) < 4.78 is 2.28. The van der Waals surface area contributed by atoms with Crippen LogP contribution in [0.25, 0.3) is 4.83 Å². The molecule has 0 unspecified atom stereocenters. The van der Waals surface area contributed by atoms with Crippen molar-refractivity contribution in [2.24, 2.45) is 0 Å². The molecular weight excluding hydrogens is 340 g/mol. The Morgan fingerprint density at radius 1 is 1.35 bits per heavy atom. The maximum absolute atomic E-state index is 12.5. The predicted octanol–water partition coefficient (Wildman–Crippen LogP) is 2.23. The van der Waals surface area contributed by atoms with Crippen molar-refractivity contribution in [1.82, 2.24) is 8.97 Å². The number of carboxylic acid groups (broad SMARTS) is 1. The molecule has 6 nitrogen and oxygen atoms in total. The Morgan fingerprint density at radius 2 is 2.09 bits per heavy atom. The molecule has 0 aliphatic carbocycles. The average molecular weight is 351 g/mol. The van der Waals surface area contributed by atoms with Crippen molar-refractivity contribution in [1.29, 1.82) is 0 Å². The molecule has 118 valence electrons. The van der Waals surface area contributed by atoms with Crippen LogP contribution in [0.4, 0.5) is 0 Å². The molecule has 0 bridgehead atoms. The number of fused-ring (bicyclic) bond motifs is 1. The lowest BCUT2D eigenvalue weighted by atomic mass is 10.2. The number of benzene rings is 1. The van der Waals surface area contributed by atoms with Crippen molar-refractivity contribution in [2.45, 2.75) is 13.5 Å². The summed E-state index contributed by atoms with van der Waals surface area (Å²) in [7, 11) is 0. The molecule has 2 aromatic heterocycles. The van der Waals surface area contributed by atoms with Crippen LogP contribution in [-0.2, 0) is 6.54 Å². The number of halogens is 1. The van der Waals surface area contributed by atoms with Crippen LogP contribution in [0.3, 0.4) is 0 Å². The lowest BCUT2D eigenvalue weighted by molar-refractivity contribution is 0.0701. The number of hydrogen-bond acceptors (Lipinski definition) is 4. The van der Waals surface area contributed by atoms with Gasteiger partial charge in [-0.3, -0.25) is 13.8 Å². The fraction of sp³-hybridized carbons (Fsp3) is 0.133. The summed E-state index contributed by atoms with van der Waals surface area (Å²) in [6.45, 7) is 1.65. The second-order valence-electron chi connectivity index (χ2n) is 5.00. The molecule has 0 aliphatic rings. The summed E-state index contributed by atoms with van der Waals surface area (Å²) in [6, 6.07) is 6.87. The topological polar surface area (TPSA) is 80.8 Å². The molecule has 0 amide bonds. The molecule has 0 saturated carbocycles. The number of hydrogen-bond donors (Lipinski definition) is 1. The number of aryl methyl sites for hydroxylation is 1. The Morgan fingerprint density at radius 3 is 2.74 bits per heavy atom. The molecule has 3 rings (SSSR count). The number of thiazole rings is 1. The zero-order valence-electron chi connectivity index (χ0n) is 11.9. The standard InChI is InChI=1S/C15H11ClN2O4S/c1-8-12(19)17(6-9-3-2-4-10(16)5-9)15(22)18-7-11(14(20)21)23-13(8)18/h2-5,7H,6H2,1H3,(H,20,21). The Balaban J connectivity index is 2.23. The Hall–Kier alpha value is -2.38. The summed E-state index contributed by atoms with van der Waals surface area (Å²) in [5.41, 5.74) is 0.0435. The first kappa shape index (κ1) is 15.5. The van der Waals surface area contributed by atoms with Gasteiger partial charge in [0.2, 0.25) is 0 Å². The van der Waals surface area contributed by atoms with Gasteiger partial charge in [-0.15, -0.1) is 11.3 Å². The zero-order valence-corrected chi connectivity index (χ0v) is 13.5. The van der Waals surface area contributed by atoms with Crippen LogP contribution in [-0.4, -0.2) is 20.0 Å². The molecule has 0 radical (unpaired) electrons. The first-order chi connectivity index (χ1) is 10.9. The minimum absolute atomic E-state index is 0.00473. The maximum atomic E-state index is 12.5. The Kier molecular flexibility index (Phi) is 3.83. The number of carboxylic acids is 1. The van der Waals surface area contributed by atoms with Gasteiger partial charge in [0.05, 0.1) is 6.54 Å². The molecule has 0 spiro atoms. The maximum Gasteiger partial charge on any atom is 0.347 e. The first-order valence-electron chi connectivity index (χ1n) is 6.62. The van der Waals surface area contributed by atoms with Crippen molar-refractivity contribution in [3.8, 4) is 0 Å². The first-order valence-corrected chi connectivity index (χ1v) is 7.81. The van der Waals surface area contributed by atoms with E-state index in [1.54, 1.807) is 31.2 Å². The van der Waals surface area contributed by atoms with E-state index in [0.29, 0.717) is 21.0 Å². The summed E-state index contributed by atoms with van der Waals surface area (Å²) in [6.07, 6.45) is 1.24. The second-order valence-corrected chi connectivity index (χ2v) is 6.47. The van der Waals surface area contributed by atoms with Crippen LogP contribution in [0.2, 0.25) is 5.02 Å². The quantitative estimate of drug-likeness (QED) is 0.785. The number of carbonyl (C=O) groups is 1. The van der Waals surface area contributed by atoms with Gasteiger partial charge in [-0.2, -0.15) is 0 Å². The molecular formula is C15H11ClN2O4S. The van der Waals surface area contributed by atoms with Gasteiger partial charge in [-0.25, -0.2) is 9.59 Å². The minimum Gasteiger partial charge on any atom is -0.477 e. The van der Waals surface area contributed by atoms with Gasteiger partial charge in [0.25, 0.3) is 5.56 Å².